The van der Waals surface area contributed by atoms with E-state index in [9.17, 15) is 18.0 Å². The van der Waals surface area contributed by atoms with Gasteiger partial charge in [0, 0.05) is 26.3 Å². The molecule has 0 radical (unpaired) electrons. The van der Waals surface area contributed by atoms with Crippen molar-refractivity contribution in [3.05, 3.63) is 47.5 Å². The van der Waals surface area contributed by atoms with Crippen LogP contribution in [0.3, 0.4) is 0 Å². The zero-order valence-electron chi connectivity index (χ0n) is 21.2. The number of methoxy groups -OCH3 is 2. The first-order valence-electron chi connectivity index (χ1n) is 12.0. The van der Waals surface area contributed by atoms with Gasteiger partial charge in [0.15, 0.2) is 32.8 Å². The first kappa shape index (κ1) is 27.5. The second kappa shape index (κ2) is 11.5. The van der Waals surface area contributed by atoms with Crippen LogP contribution in [0, 0.1) is 0 Å². The van der Waals surface area contributed by atoms with E-state index in [2.05, 4.69) is 5.32 Å². The van der Waals surface area contributed by atoms with Crippen LogP contribution in [0.4, 0.5) is 4.79 Å². The van der Waals surface area contributed by atoms with Gasteiger partial charge in [-0.15, -0.1) is 0 Å². The number of nitrogens with one attached hydrogen (secondary N) is 2. The van der Waals surface area contributed by atoms with Crippen LogP contribution in [0.1, 0.15) is 24.0 Å². The number of hydroxylamine groups is 1. The van der Waals surface area contributed by atoms with Crippen LogP contribution in [0.25, 0.3) is 0 Å². The van der Waals surface area contributed by atoms with E-state index < -0.39 is 20.5 Å². The number of sulfone groups is 1. The normalized spacial score (nSPS) is 16.7. The van der Waals surface area contributed by atoms with Crippen molar-refractivity contribution in [3.8, 4) is 17.2 Å². The second-order valence-corrected chi connectivity index (χ2v) is 11.2. The number of urea groups is 1. The lowest BCUT2D eigenvalue weighted by Crippen LogP contribution is -2.54. The lowest BCUT2D eigenvalue weighted by atomic mass is 9.98. The van der Waals surface area contributed by atoms with Gasteiger partial charge in [-0.25, -0.2) is 18.7 Å². The number of fused-ring (bicyclic) bond motifs is 1. The summed E-state index contributed by atoms with van der Waals surface area (Å²) in [6, 6.07) is 9.04. The van der Waals surface area contributed by atoms with Crippen LogP contribution in [0.15, 0.2) is 41.3 Å². The van der Waals surface area contributed by atoms with E-state index >= 15 is 0 Å². The first-order chi connectivity index (χ1) is 18.3. The molecule has 0 atom stereocenters. The summed E-state index contributed by atoms with van der Waals surface area (Å²) in [6.07, 6.45) is 0.516. The summed E-state index contributed by atoms with van der Waals surface area (Å²) in [7, 11) is -0.993. The molecule has 0 unspecified atom stereocenters. The average molecular weight is 550 g/mol. The lowest BCUT2D eigenvalue weighted by molar-refractivity contribution is -0.134. The van der Waals surface area contributed by atoms with Gasteiger partial charge in [-0.2, -0.15) is 0 Å². The van der Waals surface area contributed by atoms with E-state index in [1.807, 2.05) is 12.1 Å². The third-order valence-corrected chi connectivity index (χ3v) is 9.45. The number of benzene rings is 2. The molecule has 12 nitrogen and oxygen atoms in total. The number of nitrogens with zero attached hydrogens (tertiary/aromatic N) is 1. The molecule has 3 amide bonds. The van der Waals surface area contributed by atoms with Gasteiger partial charge in [-0.3, -0.25) is 10.0 Å². The molecule has 1 saturated heterocycles. The summed E-state index contributed by atoms with van der Waals surface area (Å²) in [5.74, 6) is 0.595. The molecule has 206 valence electrons. The highest BCUT2D eigenvalue weighted by Gasteiger charge is 2.52. The van der Waals surface area contributed by atoms with Crippen LogP contribution in [-0.2, 0) is 32.3 Å². The summed E-state index contributed by atoms with van der Waals surface area (Å²) in [4.78, 5) is 26.6. The smallest absolute Gasteiger partial charge is 0.320 e. The molecule has 3 N–H and O–H groups in total. The zero-order valence-corrected chi connectivity index (χ0v) is 22.0. The molecule has 38 heavy (non-hydrogen) atoms. The molecular formula is C25H31N3O9S. The van der Waals surface area contributed by atoms with Gasteiger partial charge in [0.2, 0.25) is 0 Å². The van der Waals surface area contributed by atoms with E-state index in [4.69, 9.17) is 24.2 Å². The molecule has 0 aromatic heterocycles. The number of hydrogen-bond donors (Lipinski definition) is 3. The third kappa shape index (κ3) is 5.22. The highest BCUT2D eigenvalue weighted by Crippen LogP contribution is 2.36. The molecule has 2 aliphatic heterocycles. The van der Waals surface area contributed by atoms with Crippen LogP contribution in [0.2, 0.25) is 0 Å². The van der Waals surface area contributed by atoms with Gasteiger partial charge in [0.25, 0.3) is 5.91 Å². The van der Waals surface area contributed by atoms with Crippen LogP contribution in [-0.4, -0.2) is 75.9 Å². The van der Waals surface area contributed by atoms with Crippen LogP contribution in [0.5, 0.6) is 17.2 Å². The molecule has 1 fully saturated rings. The van der Waals surface area contributed by atoms with E-state index in [0.29, 0.717) is 36.8 Å². The molecule has 0 spiro atoms. The Hall–Kier alpha value is -3.55. The molecule has 2 aromatic rings. The SMILES string of the molecule is COc1cc2c(cc1OC)CN(C(=O)NCOc1ccc(S(=O)(=O)C3(C(=O)NO)CCOCC3)cc1)CC2. The molecule has 0 bridgehead atoms. The monoisotopic (exact) mass is 549 g/mol. The van der Waals surface area contributed by atoms with Crippen molar-refractivity contribution in [3.63, 3.8) is 0 Å². The molecule has 2 aromatic carbocycles. The Morgan fingerprint density at radius 1 is 1.05 bits per heavy atom. The molecule has 13 heteroatoms. The number of ether oxygens (including phenoxy) is 4. The minimum absolute atomic E-state index is 0.0761. The first-order valence-corrected chi connectivity index (χ1v) is 13.5. The van der Waals surface area contributed by atoms with Gasteiger partial charge < -0.3 is 29.2 Å². The Balaban J connectivity index is 1.35. The molecule has 2 aliphatic rings. The van der Waals surface area contributed by atoms with E-state index in [-0.39, 0.29) is 43.7 Å². The van der Waals surface area contributed by atoms with Crippen LogP contribution < -0.4 is 25.0 Å². The Labute approximate surface area is 220 Å². The van der Waals surface area contributed by atoms with Gasteiger partial charge in [-0.05, 0) is 66.8 Å². The maximum Gasteiger partial charge on any atom is 0.320 e. The number of carbonyl (C=O) groups is 2. The number of amides is 3. The Kier molecular flexibility index (Phi) is 8.29. The third-order valence-electron chi connectivity index (χ3n) is 6.93. The fourth-order valence-electron chi connectivity index (χ4n) is 4.71. The van der Waals surface area contributed by atoms with Gasteiger partial charge in [0.05, 0.1) is 19.1 Å². The molecular weight excluding hydrogens is 518 g/mol. The van der Waals surface area contributed by atoms with Crippen molar-refractivity contribution in [1.82, 2.24) is 15.7 Å². The fourth-order valence-corrected chi connectivity index (χ4v) is 6.65. The predicted molar refractivity (Wildman–Crippen MR) is 134 cm³/mol. The van der Waals surface area contributed by atoms with Crippen molar-refractivity contribution in [1.29, 1.82) is 0 Å². The van der Waals surface area contributed by atoms with Crippen molar-refractivity contribution in [2.24, 2.45) is 0 Å². The van der Waals surface area contributed by atoms with Crippen molar-refractivity contribution < 1.29 is 42.2 Å². The maximum absolute atomic E-state index is 13.3. The summed E-state index contributed by atoms with van der Waals surface area (Å²) in [6.45, 7) is 0.960. The minimum Gasteiger partial charge on any atom is -0.493 e. The van der Waals surface area contributed by atoms with Gasteiger partial charge >= 0.3 is 6.03 Å². The maximum atomic E-state index is 13.3. The fraction of sp³-hybridized carbons (Fsp3) is 0.440. The van der Waals surface area contributed by atoms with Gasteiger partial charge in [0.1, 0.15) is 5.75 Å². The van der Waals surface area contributed by atoms with Crippen molar-refractivity contribution >= 4 is 21.8 Å². The molecule has 2 heterocycles. The Morgan fingerprint density at radius 2 is 1.68 bits per heavy atom. The summed E-state index contributed by atoms with van der Waals surface area (Å²) in [5.41, 5.74) is 3.56. The zero-order chi connectivity index (χ0) is 27.3. The standard InChI is InChI=1S/C25H31N3O9S/c1-34-21-13-17-7-10-28(15-18(17)14-22(21)35-2)24(30)26-16-37-19-3-5-20(6-4-19)38(32,33)25(23(29)27-31)8-11-36-12-9-25/h3-6,13-14,31H,7-12,15-16H2,1-2H3,(H,26,30)(H,27,29). The molecule has 0 saturated carbocycles. The van der Waals surface area contributed by atoms with E-state index in [1.54, 1.807) is 19.1 Å². The summed E-state index contributed by atoms with van der Waals surface area (Å²) in [5, 5.41) is 11.9. The second-order valence-electron chi connectivity index (χ2n) is 8.94. The highest BCUT2D eigenvalue weighted by atomic mass is 32.2. The highest BCUT2D eigenvalue weighted by molar-refractivity contribution is 7.93. The van der Waals surface area contributed by atoms with Crippen LogP contribution >= 0.6 is 0 Å². The van der Waals surface area contributed by atoms with Crippen molar-refractivity contribution in [2.45, 2.75) is 35.4 Å². The van der Waals surface area contributed by atoms with Gasteiger partial charge in [-0.1, -0.05) is 0 Å². The Morgan fingerprint density at radius 3 is 2.29 bits per heavy atom. The minimum atomic E-state index is -4.14. The average Bonchev–Trinajstić information content (AvgIpc) is 2.96. The number of hydrogen-bond acceptors (Lipinski definition) is 9. The largest absolute Gasteiger partial charge is 0.493 e. The summed E-state index contributed by atoms with van der Waals surface area (Å²) < 4.78 is 46.3. The molecule has 4 rings (SSSR count). The number of carbonyl (C=O) groups excluding carboxylic acids is 2. The Bertz CT molecular complexity index is 1280. The topological polar surface area (TPSA) is 153 Å². The van der Waals surface area contributed by atoms with E-state index in [1.165, 1.54) is 29.7 Å². The predicted octanol–water partition coefficient (Wildman–Crippen LogP) is 1.64. The van der Waals surface area contributed by atoms with E-state index in [0.717, 1.165) is 11.1 Å². The molecule has 0 aliphatic carbocycles. The van der Waals surface area contributed by atoms with Crippen molar-refractivity contribution in [2.75, 3.05) is 40.7 Å². The quantitative estimate of drug-likeness (QED) is 0.253. The summed E-state index contributed by atoms with van der Waals surface area (Å²) >= 11 is 0. The lowest BCUT2D eigenvalue weighted by Gasteiger charge is -2.34. The number of rotatable bonds is 8.